The Balaban J connectivity index is 0.000000147. The minimum absolute atomic E-state index is 0.00551. The Labute approximate surface area is 410 Å². The van der Waals surface area contributed by atoms with E-state index in [0.29, 0.717) is 22.7 Å². The molecule has 2 atom stereocenters. The van der Waals surface area contributed by atoms with E-state index in [1.807, 2.05) is 84.4 Å². The smallest absolute Gasteiger partial charge is 0.257 e. The number of fused-ring (bicyclic) bond motifs is 2. The van der Waals surface area contributed by atoms with Gasteiger partial charge in [0.25, 0.3) is 5.91 Å². The van der Waals surface area contributed by atoms with E-state index in [0.717, 1.165) is 84.8 Å². The molecule has 348 valence electrons. The van der Waals surface area contributed by atoms with Gasteiger partial charge in [-0.2, -0.15) is 0 Å². The van der Waals surface area contributed by atoms with Gasteiger partial charge in [-0.05, 0) is 134 Å². The predicted molar refractivity (Wildman–Crippen MR) is 280 cm³/mol. The summed E-state index contributed by atoms with van der Waals surface area (Å²) in [5.74, 6) is 3.45. The standard InChI is InChI=1S/C17H20N2O3.C17H20N2O2S.C14H14O2P2S4/c1-3-14-13(10-22-19-14)17(20)18-15-8-4-7-12-11(15)6-5-9-16(12)21-2;1-3-14-13(10-21-19-14)17(22)18-15-8-4-7-12-11(15)6-5-9-16(12)20-2;1-15-11-3-7-13(8-4-11)17(19)21-18(20,22-17)14-9-5-12(16-2)6-10-14/h5-6,9-10,15H,3-4,7-8H2,1-2H3,(H,18,20);5-6,9-10,15H,3-4,7-8H2,1-2H3,(H,18,22);3-10H,1-2H3/t2*15-;/m11./s1. The first-order chi connectivity index (χ1) is 32.0. The highest BCUT2D eigenvalue weighted by Crippen LogP contribution is 3.04. The number of carbonyl (C=O) groups excluding carboxylic acids is 1. The van der Waals surface area contributed by atoms with Crippen molar-refractivity contribution in [1.82, 2.24) is 20.9 Å². The van der Waals surface area contributed by atoms with Crippen LogP contribution < -0.4 is 40.2 Å². The van der Waals surface area contributed by atoms with E-state index in [4.69, 9.17) is 63.8 Å². The summed E-state index contributed by atoms with van der Waals surface area (Å²) in [6.07, 6.45) is 10.7. The second-order valence-corrected chi connectivity index (χ2v) is 37.2. The van der Waals surface area contributed by atoms with Crippen molar-refractivity contribution in [1.29, 1.82) is 0 Å². The Kier molecular flexibility index (Phi) is 17.2. The summed E-state index contributed by atoms with van der Waals surface area (Å²) in [5.41, 5.74) is 7.93. The number of thiocarbonyl (C=S) groups is 1. The molecule has 1 amide bonds. The maximum Gasteiger partial charge on any atom is 0.257 e. The molecule has 2 aromatic heterocycles. The number of rotatable bonds is 12. The maximum absolute atomic E-state index is 12.5. The van der Waals surface area contributed by atoms with Gasteiger partial charge in [0, 0.05) is 10.6 Å². The zero-order valence-corrected chi connectivity index (χ0v) is 43.6. The molecule has 18 heteroatoms. The summed E-state index contributed by atoms with van der Waals surface area (Å²) in [4.78, 5) is 13.2. The van der Waals surface area contributed by atoms with Crippen molar-refractivity contribution in [3.05, 3.63) is 142 Å². The van der Waals surface area contributed by atoms with Crippen LogP contribution in [0.4, 0.5) is 0 Å². The Morgan fingerprint density at radius 2 is 1.09 bits per heavy atom. The first kappa shape index (κ1) is 49.8. The Morgan fingerprint density at radius 1 is 0.652 bits per heavy atom. The number of hydrogen-bond donors (Lipinski definition) is 2. The fourth-order valence-electron chi connectivity index (χ4n) is 8.19. The Hall–Kier alpha value is -4.14. The van der Waals surface area contributed by atoms with Crippen LogP contribution in [-0.4, -0.2) is 49.6 Å². The third-order valence-electron chi connectivity index (χ3n) is 11.6. The summed E-state index contributed by atoms with van der Waals surface area (Å²) in [7, 11) is 6.75. The average molecular weight is 1020 g/mol. The van der Waals surface area contributed by atoms with E-state index in [9.17, 15) is 4.79 Å². The zero-order chi connectivity index (χ0) is 46.8. The van der Waals surface area contributed by atoms with Gasteiger partial charge in [0.05, 0.1) is 66.4 Å². The molecule has 66 heavy (non-hydrogen) atoms. The molecule has 2 aliphatic carbocycles. The predicted octanol–water partition coefficient (Wildman–Crippen LogP) is 11.4. The van der Waals surface area contributed by atoms with Crippen LogP contribution in [0.3, 0.4) is 0 Å². The van der Waals surface area contributed by atoms with E-state index in [2.05, 4.69) is 57.3 Å². The molecule has 0 unspecified atom stereocenters. The molecule has 9 rings (SSSR count). The van der Waals surface area contributed by atoms with Crippen molar-refractivity contribution in [3.63, 3.8) is 0 Å². The van der Waals surface area contributed by atoms with Crippen molar-refractivity contribution < 1.29 is 32.8 Å². The summed E-state index contributed by atoms with van der Waals surface area (Å²) in [6.45, 7) is 4.00. The highest BCUT2D eigenvalue weighted by molar-refractivity contribution is 9.48. The summed E-state index contributed by atoms with van der Waals surface area (Å²) < 4.78 is 28.0. The zero-order valence-electron chi connectivity index (χ0n) is 37.7. The van der Waals surface area contributed by atoms with Crippen LogP contribution in [-0.2, 0) is 49.3 Å². The number of benzene rings is 4. The summed E-state index contributed by atoms with van der Waals surface area (Å²) in [5, 5.41) is 16.9. The van der Waals surface area contributed by atoms with Gasteiger partial charge in [0.1, 0.15) is 46.1 Å². The molecule has 0 radical (unpaired) electrons. The van der Waals surface area contributed by atoms with Crippen LogP contribution in [0, 0.1) is 0 Å². The second-order valence-electron chi connectivity index (χ2n) is 15.5. The number of ether oxygens (including phenoxy) is 4. The van der Waals surface area contributed by atoms with Crippen LogP contribution in [0.25, 0.3) is 0 Å². The number of carbonyl (C=O) groups is 1. The van der Waals surface area contributed by atoms with Crippen molar-refractivity contribution in [2.45, 2.75) is 77.3 Å². The molecule has 3 aliphatic rings. The van der Waals surface area contributed by atoms with Gasteiger partial charge in [0.15, 0.2) is 0 Å². The number of nitrogens with one attached hydrogen (secondary N) is 2. The van der Waals surface area contributed by atoms with E-state index >= 15 is 0 Å². The number of hydrogen-bond acceptors (Lipinski definition) is 14. The molecule has 4 aromatic carbocycles. The van der Waals surface area contributed by atoms with Gasteiger partial charge in [-0.15, -0.1) is 0 Å². The van der Waals surface area contributed by atoms with Crippen molar-refractivity contribution in [2.75, 3.05) is 28.4 Å². The quantitative estimate of drug-likeness (QED) is 0.0890. The molecule has 6 aromatic rings. The van der Waals surface area contributed by atoms with Crippen LogP contribution >= 0.6 is 43.1 Å². The Bertz CT molecular complexity index is 2530. The lowest BCUT2D eigenvalue weighted by Gasteiger charge is -2.40. The largest absolute Gasteiger partial charge is 0.497 e. The second kappa shape index (κ2) is 22.8. The van der Waals surface area contributed by atoms with Crippen molar-refractivity contribution >= 4 is 88.2 Å². The third kappa shape index (κ3) is 11.2. The van der Waals surface area contributed by atoms with Crippen LogP contribution in [0.2, 0.25) is 0 Å². The fraction of sp³-hybridized carbons (Fsp3) is 0.333. The van der Waals surface area contributed by atoms with E-state index in [1.54, 1.807) is 34.7 Å². The molecule has 3 heterocycles. The monoisotopic (exact) mass is 1020 g/mol. The highest BCUT2D eigenvalue weighted by atomic mass is 33.7. The number of methoxy groups -OCH3 is 4. The molecule has 1 fully saturated rings. The van der Waals surface area contributed by atoms with E-state index in [1.165, 1.54) is 33.6 Å². The van der Waals surface area contributed by atoms with Crippen molar-refractivity contribution in [3.8, 4) is 23.0 Å². The van der Waals surface area contributed by atoms with Gasteiger partial charge in [-0.25, -0.2) is 0 Å². The van der Waals surface area contributed by atoms with E-state index < -0.39 is 8.88 Å². The minimum atomic E-state index is -1.66. The molecule has 1 saturated heterocycles. The van der Waals surface area contributed by atoms with E-state index in [-0.39, 0.29) is 18.0 Å². The number of aromatic nitrogens is 2. The van der Waals surface area contributed by atoms with Gasteiger partial charge in [0.2, 0.25) is 0 Å². The van der Waals surface area contributed by atoms with Gasteiger partial charge in [-0.1, -0.05) is 106 Å². The van der Waals surface area contributed by atoms with Crippen LogP contribution in [0.1, 0.15) is 101 Å². The molecular weight excluding hydrogens is 967 g/mol. The van der Waals surface area contributed by atoms with Crippen molar-refractivity contribution in [2.24, 2.45) is 0 Å². The molecule has 1 aliphatic heterocycles. The normalized spacial score (nSPS) is 20.3. The molecule has 11 nitrogen and oxygen atoms in total. The maximum atomic E-state index is 12.5. The highest BCUT2D eigenvalue weighted by Gasteiger charge is 2.46. The van der Waals surface area contributed by atoms with Crippen LogP contribution in [0.15, 0.2) is 107 Å². The molecule has 0 bridgehead atoms. The van der Waals surface area contributed by atoms with Gasteiger partial charge >= 0.3 is 0 Å². The number of amides is 1. The van der Waals surface area contributed by atoms with Gasteiger partial charge in [-0.3, -0.25) is 4.79 Å². The molecular formula is C48H54N4O7P2S5. The fourth-order valence-corrected chi connectivity index (χ4v) is 50.8. The topological polar surface area (TPSA) is 130 Å². The molecule has 0 spiro atoms. The molecule has 0 saturated carbocycles. The number of aryl methyl sites for hydroxylation is 2. The third-order valence-corrected chi connectivity index (χ3v) is 43.2. The summed E-state index contributed by atoms with van der Waals surface area (Å²) >= 11 is 21.1. The Morgan fingerprint density at radius 3 is 1.53 bits per heavy atom. The number of nitrogens with zero attached hydrogens (tertiary/aromatic N) is 2. The first-order valence-corrected chi connectivity index (χ1v) is 31.8. The van der Waals surface area contributed by atoms with Crippen LogP contribution in [0.5, 0.6) is 23.0 Å². The lowest BCUT2D eigenvalue weighted by atomic mass is 9.87. The lowest BCUT2D eigenvalue weighted by molar-refractivity contribution is 0.0931. The molecule has 2 N–H and O–H groups in total. The summed E-state index contributed by atoms with van der Waals surface area (Å²) in [6, 6.07) is 28.6. The minimum Gasteiger partial charge on any atom is -0.497 e. The lowest BCUT2D eigenvalue weighted by Crippen LogP contribution is -2.31. The first-order valence-electron chi connectivity index (χ1n) is 21.7. The van der Waals surface area contributed by atoms with Gasteiger partial charge < -0.3 is 38.6 Å². The SMILES string of the molecule is CCc1nocc1C(=O)N[C@@H]1CCCc2c(OC)cccc21.CCc1nocc1C(=S)N[C@@H]1CCCc2c(OC)cccc21.COc1ccc(P2(=S)SP(=S)(c3ccc(OC)cc3)S2)cc1. The average Bonchev–Trinajstić information content (AvgIpc) is 4.05.